The maximum Gasteiger partial charge on any atom is 0.416 e. The molecule has 0 atom stereocenters. The summed E-state index contributed by atoms with van der Waals surface area (Å²) in [4.78, 5) is 23.2. The maximum absolute atomic E-state index is 13.2. The van der Waals surface area contributed by atoms with Gasteiger partial charge < -0.3 is 19.5 Å². The lowest BCUT2D eigenvalue weighted by molar-refractivity contribution is -0.386. The summed E-state index contributed by atoms with van der Waals surface area (Å²) in [7, 11) is 3.54. The Morgan fingerprint density at radius 3 is 2.23 bits per heavy atom. The van der Waals surface area contributed by atoms with Crippen LogP contribution in [0.2, 0.25) is 0 Å². The predicted octanol–water partition coefficient (Wildman–Crippen LogP) is 3.71. The van der Waals surface area contributed by atoms with E-state index in [9.17, 15) is 32.5 Å². The van der Waals surface area contributed by atoms with Crippen LogP contribution in [0.1, 0.15) is 21.5 Å². The van der Waals surface area contributed by atoms with Crippen molar-refractivity contribution >= 4 is 11.6 Å². The zero-order valence-electron chi connectivity index (χ0n) is 15.9. The van der Waals surface area contributed by atoms with E-state index in [2.05, 4.69) is 5.32 Å². The summed E-state index contributed by atoms with van der Waals surface area (Å²) in [5.74, 6) is -2.77. The summed E-state index contributed by atoms with van der Waals surface area (Å²) in [5, 5.41) is 13.7. The summed E-state index contributed by atoms with van der Waals surface area (Å²) in [6, 6.07) is 2.97. The highest BCUT2D eigenvalue weighted by Gasteiger charge is 2.35. The fourth-order valence-electron chi connectivity index (χ4n) is 2.73. The summed E-state index contributed by atoms with van der Waals surface area (Å²) in [6.45, 7) is -0.665. The van der Waals surface area contributed by atoms with Crippen molar-refractivity contribution in [3.63, 3.8) is 0 Å². The fraction of sp³-hybridized carbons (Fsp3) is 0.278. The Morgan fingerprint density at radius 1 is 1.10 bits per heavy atom. The summed E-state index contributed by atoms with van der Waals surface area (Å²) in [5.41, 5.74) is -2.98. The molecule has 12 heteroatoms. The van der Waals surface area contributed by atoms with E-state index >= 15 is 0 Å². The summed E-state index contributed by atoms with van der Waals surface area (Å²) < 4.78 is 67.6. The van der Waals surface area contributed by atoms with E-state index in [4.69, 9.17) is 14.2 Å². The fourth-order valence-corrected chi connectivity index (χ4v) is 2.73. The Kier molecular flexibility index (Phi) is 6.70. The van der Waals surface area contributed by atoms with Gasteiger partial charge >= 0.3 is 11.9 Å². The monoisotopic (exact) mass is 432 g/mol. The number of nitrogens with zero attached hydrogens (tertiary/aromatic N) is 1. The highest BCUT2D eigenvalue weighted by Crippen LogP contribution is 2.46. The molecule has 1 amide bonds. The van der Waals surface area contributed by atoms with Crippen LogP contribution in [0, 0.1) is 15.9 Å². The van der Waals surface area contributed by atoms with Crippen molar-refractivity contribution in [2.75, 3.05) is 21.3 Å². The smallest absolute Gasteiger partial charge is 0.416 e. The highest BCUT2D eigenvalue weighted by molar-refractivity contribution is 6.00. The van der Waals surface area contributed by atoms with E-state index in [1.54, 1.807) is 0 Å². The van der Waals surface area contributed by atoms with Crippen LogP contribution in [-0.2, 0) is 12.7 Å². The van der Waals surface area contributed by atoms with Crippen molar-refractivity contribution < 1.29 is 41.5 Å². The van der Waals surface area contributed by atoms with Gasteiger partial charge in [-0.1, -0.05) is 6.07 Å². The molecule has 0 heterocycles. The molecule has 0 aromatic heterocycles. The molecule has 0 bridgehead atoms. The standard InChI is InChI=1S/C18H16F4N2O6/c1-28-13-7-11(14(24(26)27)16(30-3)15(13)29-2)17(25)23-8-9-4-5-10(19)6-12(9)18(20,21)22/h4-7H,8H2,1-3H3,(H,23,25). The number of methoxy groups -OCH3 is 3. The van der Waals surface area contributed by atoms with Crippen LogP contribution < -0.4 is 19.5 Å². The number of nitro groups is 1. The molecular formula is C18H16F4N2O6. The number of amides is 1. The minimum atomic E-state index is -4.86. The van der Waals surface area contributed by atoms with E-state index in [-0.39, 0.29) is 11.5 Å². The number of nitrogens with one attached hydrogen (secondary N) is 1. The number of hydrogen-bond donors (Lipinski definition) is 1. The molecule has 0 saturated heterocycles. The number of ether oxygens (including phenoxy) is 3. The van der Waals surface area contributed by atoms with E-state index in [1.165, 1.54) is 14.2 Å². The van der Waals surface area contributed by atoms with Crippen molar-refractivity contribution in [3.05, 3.63) is 56.9 Å². The van der Waals surface area contributed by atoms with Crippen molar-refractivity contribution in [1.29, 1.82) is 0 Å². The third-order valence-corrected chi connectivity index (χ3v) is 4.05. The summed E-state index contributed by atoms with van der Waals surface area (Å²) in [6.07, 6.45) is -4.86. The van der Waals surface area contributed by atoms with Crippen LogP contribution in [0.3, 0.4) is 0 Å². The lowest BCUT2D eigenvalue weighted by Crippen LogP contribution is -2.25. The van der Waals surface area contributed by atoms with Crippen LogP contribution >= 0.6 is 0 Å². The Hall–Kier alpha value is -3.57. The molecular weight excluding hydrogens is 416 g/mol. The lowest BCUT2D eigenvalue weighted by atomic mass is 10.1. The van der Waals surface area contributed by atoms with Crippen molar-refractivity contribution in [3.8, 4) is 17.2 Å². The van der Waals surface area contributed by atoms with Crippen LogP contribution in [0.5, 0.6) is 17.2 Å². The van der Waals surface area contributed by atoms with Gasteiger partial charge in [-0.25, -0.2) is 4.39 Å². The number of alkyl halides is 3. The molecule has 0 aliphatic rings. The highest BCUT2D eigenvalue weighted by atomic mass is 19.4. The normalized spacial score (nSPS) is 11.0. The van der Waals surface area contributed by atoms with Crippen LogP contribution in [0.4, 0.5) is 23.2 Å². The molecule has 8 nitrogen and oxygen atoms in total. The molecule has 2 aromatic rings. The Morgan fingerprint density at radius 2 is 1.73 bits per heavy atom. The zero-order valence-corrected chi connectivity index (χ0v) is 15.9. The topological polar surface area (TPSA) is 99.9 Å². The Bertz CT molecular complexity index is 978. The maximum atomic E-state index is 13.2. The van der Waals surface area contributed by atoms with Gasteiger partial charge in [0.1, 0.15) is 11.4 Å². The minimum absolute atomic E-state index is 0.0668. The van der Waals surface area contributed by atoms with Gasteiger partial charge in [0.15, 0.2) is 5.75 Å². The van der Waals surface area contributed by atoms with Gasteiger partial charge in [0.05, 0.1) is 31.8 Å². The number of hydrogen-bond acceptors (Lipinski definition) is 6. The molecule has 0 saturated carbocycles. The van der Waals surface area contributed by atoms with E-state index in [1.807, 2.05) is 0 Å². The number of rotatable bonds is 7. The summed E-state index contributed by atoms with van der Waals surface area (Å²) >= 11 is 0. The minimum Gasteiger partial charge on any atom is -0.493 e. The van der Waals surface area contributed by atoms with Gasteiger partial charge in [0.25, 0.3) is 5.91 Å². The second-order valence-electron chi connectivity index (χ2n) is 5.78. The van der Waals surface area contributed by atoms with Crippen molar-refractivity contribution in [2.45, 2.75) is 12.7 Å². The number of carbonyl (C=O) groups is 1. The number of nitro benzene ring substituents is 1. The molecule has 0 spiro atoms. The van der Waals surface area contributed by atoms with Crippen LogP contribution in [0.25, 0.3) is 0 Å². The number of benzene rings is 2. The largest absolute Gasteiger partial charge is 0.493 e. The lowest BCUT2D eigenvalue weighted by Gasteiger charge is -2.16. The Balaban J connectivity index is 2.47. The molecule has 1 N–H and O–H groups in total. The van der Waals surface area contributed by atoms with Gasteiger partial charge in [0, 0.05) is 12.6 Å². The third-order valence-electron chi connectivity index (χ3n) is 4.05. The molecule has 0 fully saturated rings. The number of carbonyl (C=O) groups excluding carboxylic acids is 1. The molecule has 2 rings (SSSR count). The van der Waals surface area contributed by atoms with Gasteiger partial charge in [-0.2, -0.15) is 13.2 Å². The number of halogens is 4. The van der Waals surface area contributed by atoms with Crippen LogP contribution in [-0.4, -0.2) is 32.2 Å². The first-order valence-corrected chi connectivity index (χ1v) is 8.16. The second kappa shape index (κ2) is 8.84. The second-order valence-corrected chi connectivity index (χ2v) is 5.78. The van der Waals surface area contributed by atoms with Crippen molar-refractivity contribution in [1.82, 2.24) is 5.32 Å². The quantitative estimate of drug-likeness (QED) is 0.407. The van der Waals surface area contributed by atoms with Gasteiger partial charge in [-0.3, -0.25) is 14.9 Å². The average molecular weight is 432 g/mol. The zero-order chi connectivity index (χ0) is 22.6. The SMILES string of the molecule is COc1cc(C(=O)NCc2ccc(F)cc2C(F)(F)F)c([N+](=O)[O-])c(OC)c1OC. The van der Waals surface area contributed by atoms with Crippen molar-refractivity contribution in [2.24, 2.45) is 0 Å². The molecule has 0 unspecified atom stereocenters. The molecule has 0 aliphatic carbocycles. The third kappa shape index (κ3) is 4.53. The first kappa shape index (κ1) is 22.7. The molecule has 0 radical (unpaired) electrons. The first-order chi connectivity index (χ1) is 14.0. The predicted molar refractivity (Wildman–Crippen MR) is 95.3 cm³/mol. The molecule has 0 aliphatic heterocycles. The van der Waals surface area contributed by atoms with E-state index in [0.29, 0.717) is 6.07 Å². The van der Waals surface area contributed by atoms with E-state index < -0.39 is 57.5 Å². The van der Waals surface area contributed by atoms with Gasteiger partial charge in [0.2, 0.25) is 11.5 Å². The van der Waals surface area contributed by atoms with Crippen LogP contribution in [0.15, 0.2) is 24.3 Å². The first-order valence-electron chi connectivity index (χ1n) is 8.16. The van der Waals surface area contributed by atoms with E-state index in [0.717, 1.165) is 25.3 Å². The Labute approximate surface area is 167 Å². The molecule has 162 valence electrons. The average Bonchev–Trinajstić information content (AvgIpc) is 2.69. The molecule has 2 aromatic carbocycles. The molecule has 30 heavy (non-hydrogen) atoms. The van der Waals surface area contributed by atoms with Gasteiger partial charge in [-0.15, -0.1) is 0 Å². The van der Waals surface area contributed by atoms with Gasteiger partial charge in [-0.05, 0) is 17.7 Å².